The summed E-state index contributed by atoms with van der Waals surface area (Å²) >= 11 is 5.89. The number of aromatic nitrogens is 2. The van der Waals surface area contributed by atoms with Crippen molar-refractivity contribution >= 4 is 22.6 Å². The van der Waals surface area contributed by atoms with Crippen molar-refractivity contribution in [3.8, 4) is 0 Å². The molecule has 1 aromatic heterocycles. The van der Waals surface area contributed by atoms with Crippen molar-refractivity contribution in [3.05, 3.63) is 29.8 Å². The van der Waals surface area contributed by atoms with Crippen LogP contribution in [0.3, 0.4) is 0 Å². The van der Waals surface area contributed by atoms with Crippen LogP contribution in [-0.4, -0.2) is 9.55 Å². The van der Waals surface area contributed by atoms with Gasteiger partial charge in [0.2, 0.25) is 0 Å². The molecule has 0 saturated carbocycles. The average molecular weight is 255 g/mol. The summed E-state index contributed by atoms with van der Waals surface area (Å²) in [6.45, 7) is 4.25. The summed E-state index contributed by atoms with van der Waals surface area (Å²) in [7, 11) is 0. The Morgan fingerprint density at radius 2 is 2.24 bits per heavy atom. The first-order valence-corrected chi connectivity index (χ1v) is 6.43. The zero-order valence-corrected chi connectivity index (χ0v) is 10.8. The molecule has 4 heteroatoms. The van der Waals surface area contributed by atoms with Gasteiger partial charge in [0.15, 0.2) is 5.82 Å². The van der Waals surface area contributed by atoms with Crippen LogP contribution in [0.5, 0.6) is 0 Å². The molecular weight excluding hydrogens is 239 g/mol. The maximum atomic E-state index is 13.6. The maximum absolute atomic E-state index is 13.6. The molecule has 0 N–H and O–H groups in total. The average Bonchev–Trinajstić information content (AvgIpc) is 2.69. The molecule has 0 amide bonds. The smallest absolute Gasteiger partial charge is 0.151 e. The molecule has 1 atom stereocenters. The molecule has 2 nitrogen and oxygen atoms in total. The topological polar surface area (TPSA) is 17.8 Å². The van der Waals surface area contributed by atoms with Crippen molar-refractivity contribution < 1.29 is 4.39 Å². The molecule has 0 spiro atoms. The second-order valence-electron chi connectivity index (χ2n) is 4.28. The molecule has 0 fully saturated rings. The molecule has 0 aliphatic carbocycles. The van der Waals surface area contributed by atoms with Crippen LogP contribution < -0.4 is 0 Å². The van der Waals surface area contributed by atoms with Gasteiger partial charge in [0.05, 0.1) is 11.4 Å². The summed E-state index contributed by atoms with van der Waals surface area (Å²) in [5.74, 6) is 0.770. The van der Waals surface area contributed by atoms with Crippen LogP contribution in [0.25, 0.3) is 11.0 Å². The van der Waals surface area contributed by atoms with Gasteiger partial charge in [0.25, 0.3) is 0 Å². The van der Waals surface area contributed by atoms with E-state index in [-0.39, 0.29) is 5.82 Å². The Bertz CT molecular complexity index is 521. The summed E-state index contributed by atoms with van der Waals surface area (Å²) in [5, 5.41) is 0. The summed E-state index contributed by atoms with van der Waals surface area (Å²) in [5.41, 5.74) is 1.26. The van der Waals surface area contributed by atoms with Gasteiger partial charge in [0.1, 0.15) is 11.3 Å². The SMILES string of the molecule is CCCC(C)n1c(CCl)nc2c(F)cccc21. The van der Waals surface area contributed by atoms with Gasteiger partial charge in [-0.1, -0.05) is 19.4 Å². The molecule has 0 saturated heterocycles. The molecule has 1 heterocycles. The predicted octanol–water partition coefficient (Wildman–Crippen LogP) is 4.28. The third kappa shape index (κ3) is 2.16. The second-order valence-corrected chi connectivity index (χ2v) is 4.54. The first-order chi connectivity index (χ1) is 8.19. The molecule has 1 unspecified atom stereocenters. The minimum absolute atomic E-state index is 0.281. The highest BCUT2D eigenvalue weighted by Crippen LogP contribution is 2.26. The van der Waals surface area contributed by atoms with Crippen molar-refractivity contribution in [2.45, 2.75) is 38.6 Å². The Labute approximate surface area is 105 Å². The van der Waals surface area contributed by atoms with Gasteiger partial charge in [-0.05, 0) is 25.5 Å². The number of para-hydroxylation sites is 1. The number of fused-ring (bicyclic) bond motifs is 1. The van der Waals surface area contributed by atoms with Gasteiger partial charge < -0.3 is 4.57 Å². The fourth-order valence-electron chi connectivity index (χ4n) is 2.26. The quantitative estimate of drug-likeness (QED) is 0.745. The minimum atomic E-state index is -0.281. The number of halogens is 2. The Balaban J connectivity index is 2.62. The van der Waals surface area contributed by atoms with E-state index in [1.54, 1.807) is 6.07 Å². The molecule has 2 aromatic rings. The van der Waals surface area contributed by atoms with Gasteiger partial charge in [-0.3, -0.25) is 0 Å². The van der Waals surface area contributed by atoms with Crippen LogP contribution in [-0.2, 0) is 5.88 Å². The molecule has 0 bridgehead atoms. The molecule has 0 aliphatic rings. The largest absolute Gasteiger partial charge is 0.324 e. The van der Waals surface area contributed by atoms with Gasteiger partial charge in [-0.25, -0.2) is 9.37 Å². The number of imidazole rings is 1. The Kier molecular flexibility index (Phi) is 3.67. The lowest BCUT2D eigenvalue weighted by Crippen LogP contribution is -2.08. The highest BCUT2D eigenvalue weighted by atomic mass is 35.5. The number of hydrogen-bond acceptors (Lipinski definition) is 1. The second kappa shape index (κ2) is 5.05. The number of alkyl halides is 1. The Morgan fingerprint density at radius 1 is 1.47 bits per heavy atom. The van der Waals surface area contributed by atoms with E-state index < -0.39 is 0 Å². The Hall–Kier alpha value is -1.09. The van der Waals surface area contributed by atoms with Crippen molar-refractivity contribution in [2.24, 2.45) is 0 Å². The van der Waals surface area contributed by atoms with E-state index in [0.717, 1.165) is 24.2 Å². The zero-order chi connectivity index (χ0) is 12.4. The van der Waals surface area contributed by atoms with Crippen molar-refractivity contribution in [1.82, 2.24) is 9.55 Å². The summed E-state index contributed by atoms with van der Waals surface area (Å²) in [6, 6.07) is 5.34. The molecule has 92 valence electrons. The number of rotatable bonds is 4. The third-order valence-corrected chi connectivity index (χ3v) is 3.25. The monoisotopic (exact) mass is 254 g/mol. The van der Waals surface area contributed by atoms with E-state index in [4.69, 9.17) is 11.6 Å². The molecule has 1 aromatic carbocycles. The fourth-order valence-corrected chi connectivity index (χ4v) is 2.45. The zero-order valence-electron chi connectivity index (χ0n) is 10.1. The van der Waals surface area contributed by atoms with Gasteiger partial charge in [-0.2, -0.15) is 0 Å². The Morgan fingerprint density at radius 3 is 2.88 bits per heavy atom. The standard InChI is InChI=1S/C13H16ClFN2/c1-3-5-9(2)17-11-7-4-6-10(15)13(11)16-12(17)8-14/h4,6-7,9H,3,5,8H2,1-2H3. The van der Waals surface area contributed by atoms with E-state index in [1.165, 1.54) is 6.07 Å². The predicted molar refractivity (Wildman–Crippen MR) is 68.9 cm³/mol. The van der Waals surface area contributed by atoms with Crippen LogP contribution in [0.4, 0.5) is 4.39 Å². The first-order valence-electron chi connectivity index (χ1n) is 5.90. The van der Waals surface area contributed by atoms with Crippen molar-refractivity contribution in [2.75, 3.05) is 0 Å². The van der Waals surface area contributed by atoms with Gasteiger partial charge >= 0.3 is 0 Å². The van der Waals surface area contributed by atoms with E-state index in [2.05, 4.69) is 23.4 Å². The van der Waals surface area contributed by atoms with E-state index >= 15 is 0 Å². The fraction of sp³-hybridized carbons (Fsp3) is 0.462. The summed E-state index contributed by atoms with van der Waals surface area (Å²) < 4.78 is 15.7. The van der Waals surface area contributed by atoms with Crippen LogP contribution in [0, 0.1) is 5.82 Å². The summed E-state index contributed by atoms with van der Waals surface area (Å²) in [6.07, 6.45) is 2.11. The van der Waals surface area contributed by atoms with Crippen molar-refractivity contribution in [1.29, 1.82) is 0 Å². The van der Waals surface area contributed by atoms with Crippen LogP contribution >= 0.6 is 11.6 Å². The maximum Gasteiger partial charge on any atom is 0.151 e. The lowest BCUT2D eigenvalue weighted by molar-refractivity contribution is 0.500. The molecule has 2 rings (SSSR count). The van der Waals surface area contributed by atoms with Crippen LogP contribution in [0.1, 0.15) is 38.6 Å². The highest BCUT2D eigenvalue weighted by Gasteiger charge is 2.16. The number of benzene rings is 1. The third-order valence-electron chi connectivity index (χ3n) is 3.01. The number of hydrogen-bond donors (Lipinski definition) is 0. The molecule has 0 aliphatic heterocycles. The van der Waals surface area contributed by atoms with Crippen molar-refractivity contribution in [3.63, 3.8) is 0 Å². The molecular formula is C13H16ClFN2. The highest BCUT2D eigenvalue weighted by molar-refractivity contribution is 6.16. The number of nitrogens with zero attached hydrogens (tertiary/aromatic N) is 2. The first kappa shape index (κ1) is 12.4. The lowest BCUT2D eigenvalue weighted by atomic mass is 10.2. The van der Waals surface area contributed by atoms with E-state index in [9.17, 15) is 4.39 Å². The van der Waals surface area contributed by atoms with E-state index in [1.807, 2.05) is 6.07 Å². The normalized spacial score (nSPS) is 13.2. The molecule has 17 heavy (non-hydrogen) atoms. The minimum Gasteiger partial charge on any atom is -0.324 e. The summed E-state index contributed by atoms with van der Waals surface area (Å²) in [4.78, 5) is 4.29. The molecule has 0 radical (unpaired) electrons. The van der Waals surface area contributed by atoms with Crippen LogP contribution in [0.2, 0.25) is 0 Å². The lowest BCUT2D eigenvalue weighted by Gasteiger charge is -2.15. The van der Waals surface area contributed by atoms with Gasteiger partial charge in [0, 0.05) is 6.04 Å². The van der Waals surface area contributed by atoms with Crippen LogP contribution in [0.15, 0.2) is 18.2 Å². The van der Waals surface area contributed by atoms with Gasteiger partial charge in [-0.15, -0.1) is 11.6 Å². The van der Waals surface area contributed by atoms with E-state index in [0.29, 0.717) is 17.4 Å².